The van der Waals surface area contributed by atoms with Gasteiger partial charge < -0.3 is 20.1 Å². The Balaban J connectivity index is 1.59. The number of hydrogen-bond acceptors (Lipinski definition) is 4. The molecule has 0 saturated carbocycles. The van der Waals surface area contributed by atoms with Crippen LogP contribution in [0.2, 0.25) is 0 Å². The van der Waals surface area contributed by atoms with E-state index in [9.17, 15) is 4.79 Å². The molecule has 0 radical (unpaired) electrons. The lowest BCUT2D eigenvalue weighted by Crippen LogP contribution is -2.14. The maximum atomic E-state index is 12.4. The molecule has 150 valence electrons. The Morgan fingerprint density at radius 3 is 2.07 bits per heavy atom. The summed E-state index contributed by atoms with van der Waals surface area (Å²) in [6.45, 7) is 4.96. The Hall–Kier alpha value is -3.47. The fourth-order valence-electron chi connectivity index (χ4n) is 2.92. The van der Waals surface area contributed by atoms with Crippen molar-refractivity contribution >= 4 is 23.0 Å². The van der Waals surface area contributed by atoms with Gasteiger partial charge in [0.25, 0.3) is 0 Å². The number of ether oxygens (including phenoxy) is 2. The quantitative estimate of drug-likeness (QED) is 0.513. The Bertz CT molecular complexity index is 925. The van der Waals surface area contributed by atoms with Gasteiger partial charge in [-0.3, -0.25) is 4.79 Å². The van der Waals surface area contributed by atoms with Crippen LogP contribution in [0.4, 0.5) is 17.1 Å². The molecular weight excluding hydrogens is 364 g/mol. The molecule has 0 atom stereocenters. The molecule has 29 heavy (non-hydrogen) atoms. The fraction of sp³-hybridized carbons (Fsp3) is 0.208. The van der Waals surface area contributed by atoms with Gasteiger partial charge in [-0.15, -0.1) is 0 Å². The smallest absolute Gasteiger partial charge is 0.228 e. The van der Waals surface area contributed by atoms with Gasteiger partial charge in [0.15, 0.2) is 11.5 Å². The van der Waals surface area contributed by atoms with Crippen LogP contribution in [0.25, 0.3) is 0 Å². The number of carbonyl (C=O) groups is 1. The molecule has 0 saturated heterocycles. The van der Waals surface area contributed by atoms with Crippen molar-refractivity contribution in [2.45, 2.75) is 20.3 Å². The molecule has 5 nitrogen and oxygen atoms in total. The second-order valence-corrected chi connectivity index (χ2v) is 6.44. The maximum Gasteiger partial charge on any atom is 0.228 e. The van der Waals surface area contributed by atoms with Gasteiger partial charge in [-0.2, -0.15) is 0 Å². The second-order valence-electron chi connectivity index (χ2n) is 6.44. The van der Waals surface area contributed by atoms with Crippen LogP contribution in [0.3, 0.4) is 0 Å². The minimum atomic E-state index is -0.0830. The van der Waals surface area contributed by atoms with Gasteiger partial charge in [-0.25, -0.2) is 0 Å². The van der Waals surface area contributed by atoms with E-state index in [-0.39, 0.29) is 12.3 Å². The Kier molecular flexibility index (Phi) is 7.11. The third kappa shape index (κ3) is 6.01. The number of carbonyl (C=O) groups excluding carboxylic acids is 1. The molecule has 0 aliphatic carbocycles. The highest BCUT2D eigenvalue weighted by Gasteiger charge is 2.10. The summed E-state index contributed by atoms with van der Waals surface area (Å²) in [5.41, 5.74) is 3.60. The molecule has 0 bridgehead atoms. The molecule has 5 heteroatoms. The maximum absolute atomic E-state index is 12.4. The molecule has 0 aromatic heterocycles. The van der Waals surface area contributed by atoms with E-state index in [0.29, 0.717) is 24.7 Å². The molecule has 2 N–H and O–H groups in total. The predicted molar refractivity (Wildman–Crippen MR) is 117 cm³/mol. The van der Waals surface area contributed by atoms with Crippen molar-refractivity contribution < 1.29 is 14.3 Å². The van der Waals surface area contributed by atoms with Crippen molar-refractivity contribution in [2.24, 2.45) is 0 Å². The van der Waals surface area contributed by atoms with Gasteiger partial charge in [-0.1, -0.05) is 24.3 Å². The van der Waals surface area contributed by atoms with Gasteiger partial charge in [0.05, 0.1) is 19.6 Å². The normalized spacial score (nSPS) is 10.3. The first-order valence-electron chi connectivity index (χ1n) is 9.78. The van der Waals surface area contributed by atoms with Crippen LogP contribution in [0.15, 0.2) is 72.8 Å². The van der Waals surface area contributed by atoms with E-state index in [1.165, 1.54) is 0 Å². The van der Waals surface area contributed by atoms with E-state index in [2.05, 4.69) is 10.6 Å². The fourth-order valence-corrected chi connectivity index (χ4v) is 2.92. The van der Waals surface area contributed by atoms with Crippen LogP contribution in [0.5, 0.6) is 11.5 Å². The summed E-state index contributed by atoms with van der Waals surface area (Å²) in [5, 5.41) is 6.25. The average Bonchev–Trinajstić information content (AvgIpc) is 2.72. The first kappa shape index (κ1) is 20.3. The SMILES string of the molecule is CCOc1ccc(CC(=O)Nc2ccc(Nc3ccccc3)cc2)cc1OCC. The average molecular weight is 390 g/mol. The lowest BCUT2D eigenvalue weighted by atomic mass is 10.1. The number of benzene rings is 3. The first-order valence-corrected chi connectivity index (χ1v) is 9.78. The third-order valence-electron chi connectivity index (χ3n) is 4.20. The standard InChI is InChI=1S/C24H26N2O3/c1-3-28-22-15-10-18(16-23(22)29-4-2)17-24(27)26-21-13-11-20(12-14-21)25-19-8-6-5-7-9-19/h5-16,25H,3-4,17H2,1-2H3,(H,26,27). The first-order chi connectivity index (χ1) is 14.2. The van der Waals surface area contributed by atoms with Gasteiger partial charge >= 0.3 is 0 Å². The van der Waals surface area contributed by atoms with Crippen LogP contribution in [-0.2, 0) is 11.2 Å². The highest BCUT2D eigenvalue weighted by Crippen LogP contribution is 2.29. The van der Waals surface area contributed by atoms with Gasteiger partial charge in [-0.05, 0) is 67.9 Å². The molecule has 3 aromatic carbocycles. The molecule has 0 unspecified atom stereocenters. The van der Waals surface area contributed by atoms with Crippen molar-refractivity contribution in [1.82, 2.24) is 0 Å². The zero-order chi connectivity index (χ0) is 20.5. The zero-order valence-corrected chi connectivity index (χ0v) is 16.8. The molecule has 0 aliphatic rings. The molecular formula is C24H26N2O3. The summed E-state index contributed by atoms with van der Waals surface area (Å²) in [7, 11) is 0. The topological polar surface area (TPSA) is 59.6 Å². The summed E-state index contributed by atoms with van der Waals surface area (Å²) in [6.07, 6.45) is 0.260. The number of rotatable bonds is 9. The van der Waals surface area contributed by atoms with Crippen LogP contribution in [0, 0.1) is 0 Å². The molecule has 0 fully saturated rings. The Morgan fingerprint density at radius 1 is 0.759 bits per heavy atom. The minimum absolute atomic E-state index is 0.0830. The van der Waals surface area contributed by atoms with Gasteiger partial charge in [0.1, 0.15) is 0 Å². The molecule has 3 rings (SSSR count). The zero-order valence-electron chi connectivity index (χ0n) is 16.8. The molecule has 3 aromatic rings. The largest absolute Gasteiger partial charge is 0.490 e. The third-order valence-corrected chi connectivity index (χ3v) is 4.20. The summed E-state index contributed by atoms with van der Waals surface area (Å²) < 4.78 is 11.2. The number of anilines is 3. The van der Waals surface area contributed by atoms with E-state index in [1.54, 1.807) is 0 Å². The summed E-state index contributed by atoms with van der Waals surface area (Å²) in [4.78, 5) is 12.4. The highest BCUT2D eigenvalue weighted by atomic mass is 16.5. The minimum Gasteiger partial charge on any atom is -0.490 e. The van der Waals surface area contributed by atoms with Crippen molar-refractivity contribution in [2.75, 3.05) is 23.8 Å². The lowest BCUT2D eigenvalue weighted by molar-refractivity contribution is -0.115. The number of para-hydroxylation sites is 1. The van der Waals surface area contributed by atoms with Crippen molar-refractivity contribution in [3.63, 3.8) is 0 Å². The Morgan fingerprint density at radius 2 is 1.38 bits per heavy atom. The van der Waals surface area contributed by atoms with Crippen LogP contribution in [0.1, 0.15) is 19.4 Å². The van der Waals surface area contributed by atoms with E-state index in [4.69, 9.17) is 9.47 Å². The van der Waals surface area contributed by atoms with Crippen molar-refractivity contribution in [3.8, 4) is 11.5 Å². The molecule has 0 spiro atoms. The lowest BCUT2D eigenvalue weighted by Gasteiger charge is -2.12. The summed E-state index contributed by atoms with van der Waals surface area (Å²) >= 11 is 0. The Labute approximate surface area is 171 Å². The highest BCUT2D eigenvalue weighted by molar-refractivity contribution is 5.92. The van der Waals surface area contributed by atoms with Crippen molar-refractivity contribution in [1.29, 1.82) is 0 Å². The molecule has 1 amide bonds. The number of amides is 1. The molecule has 0 aliphatic heterocycles. The predicted octanol–water partition coefficient (Wildman–Crippen LogP) is 5.41. The summed E-state index contributed by atoms with van der Waals surface area (Å²) in [5.74, 6) is 1.27. The van der Waals surface area contributed by atoms with E-state index in [0.717, 1.165) is 22.6 Å². The van der Waals surface area contributed by atoms with Gasteiger partial charge in [0, 0.05) is 17.1 Å². The van der Waals surface area contributed by atoms with Crippen LogP contribution < -0.4 is 20.1 Å². The summed E-state index contributed by atoms with van der Waals surface area (Å²) in [6, 6.07) is 23.2. The van der Waals surface area contributed by atoms with E-state index < -0.39 is 0 Å². The molecule has 0 heterocycles. The monoisotopic (exact) mass is 390 g/mol. The van der Waals surface area contributed by atoms with Crippen LogP contribution >= 0.6 is 0 Å². The number of hydrogen-bond donors (Lipinski definition) is 2. The van der Waals surface area contributed by atoms with E-state index >= 15 is 0 Å². The van der Waals surface area contributed by atoms with E-state index in [1.807, 2.05) is 86.6 Å². The second kappa shape index (κ2) is 10.2. The van der Waals surface area contributed by atoms with Crippen molar-refractivity contribution in [3.05, 3.63) is 78.4 Å². The number of nitrogens with one attached hydrogen (secondary N) is 2. The van der Waals surface area contributed by atoms with Gasteiger partial charge in [0.2, 0.25) is 5.91 Å². The van der Waals surface area contributed by atoms with Crippen LogP contribution in [-0.4, -0.2) is 19.1 Å².